The van der Waals surface area contributed by atoms with Crippen LogP contribution in [0.2, 0.25) is 0 Å². The second kappa shape index (κ2) is 6.08. The second-order valence-corrected chi connectivity index (χ2v) is 4.52. The van der Waals surface area contributed by atoms with Gasteiger partial charge in [0, 0.05) is 18.7 Å². The molecule has 1 saturated heterocycles. The standard InChI is InChI=1S/C13H16F2N2O2/c14-10-5-1-4-9(11(10)15)12(13(16)18)17-7-8-3-2-6-19-8/h1,4-5,8,12,17H,2-3,6-7H2,(H2,16,18). The third kappa shape index (κ3) is 3.27. The molecule has 3 N–H and O–H groups in total. The van der Waals surface area contributed by atoms with E-state index in [2.05, 4.69) is 5.32 Å². The minimum Gasteiger partial charge on any atom is -0.377 e. The number of amides is 1. The van der Waals surface area contributed by atoms with E-state index < -0.39 is 23.6 Å². The van der Waals surface area contributed by atoms with Gasteiger partial charge in [0.05, 0.1) is 6.10 Å². The van der Waals surface area contributed by atoms with Gasteiger partial charge in [0.1, 0.15) is 6.04 Å². The smallest absolute Gasteiger partial charge is 0.239 e. The molecule has 1 fully saturated rings. The van der Waals surface area contributed by atoms with Gasteiger partial charge in [-0.25, -0.2) is 8.78 Å². The molecule has 0 radical (unpaired) electrons. The summed E-state index contributed by atoms with van der Waals surface area (Å²) in [7, 11) is 0. The van der Waals surface area contributed by atoms with E-state index in [1.165, 1.54) is 12.1 Å². The van der Waals surface area contributed by atoms with Crippen molar-refractivity contribution in [2.24, 2.45) is 5.73 Å². The Morgan fingerprint density at radius 2 is 2.32 bits per heavy atom. The fourth-order valence-corrected chi connectivity index (χ4v) is 2.16. The van der Waals surface area contributed by atoms with Gasteiger partial charge in [0.2, 0.25) is 5.91 Å². The van der Waals surface area contributed by atoms with Gasteiger partial charge in [0.15, 0.2) is 11.6 Å². The molecule has 2 rings (SSSR count). The monoisotopic (exact) mass is 270 g/mol. The number of nitrogens with two attached hydrogens (primary N) is 1. The first kappa shape index (κ1) is 13.9. The number of hydrogen-bond acceptors (Lipinski definition) is 3. The summed E-state index contributed by atoms with van der Waals surface area (Å²) < 4.78 is 32.2. The summed E-state index contributed by atoms with van der Waals surface area (Å²) in [6, 6.07) is 2.63. The number of hydrogen-bond donors (Lipinski definition) is 2. The average Bonchev–Trinajstić information content (AvgIpc) is 2.87. The largest absolute Gasteiger partial charge is 0.377 e. The van der Waals surface area contributed by atoms with E-state index in [-0.39, 0.29) is 11.7 Å². The number of rotatable bonds is 5. The van der Waals surface area contributed by atoms with E-state index in [0.717, 1.165) is 18.9 Å². The van der Waals surface area contributed by atoms with Crippen molar-refractivity contribution in [3.8, 4) is 0 Å². The lowest BCUT2D eigenvalue weighted by Gasteiger charge is -2.19. The molecule has 6 heteroatoms. The van der Waals surface area contributed by atoms with Crippen LogP contribution in [0.5, 0.6) is 0 Å². The Bertz CT molecular complexity index is 462. The van der Waals surface area contributed by atoms with Crippen LogP contribution in [0.15, 0.2) is 18.2 Å². The first-order valence-corrected chi connectivity index (χ1v) is 6.18. The lowest BCUT2D eigenvalue weighted by Crippen LogP contribution is -2.38. The average molecular weight is 270 g/mol. The molecule has 104 valence electrons. The van der Waals surface area contributed by atoms with Crippen molar-refractivity contribution in [2.45, 2.75) is 25.0 Å². The van der Waals surface area contributed by atoms with Crippen molar-refractivity contribution >= 4 is 5.91 Å². The maximum absolute atomic E-state index is 13.7. The lowest BCUT2D eigenvalue weighted by atomic mass is 10.0. The molecule has 19 heavy (non-hydrogen) atoms. The maximum atomic E-state index is 13.7. The number of halogens is 2. The summed E-state index contributed by atoms with van der Waals surface area (Å²) in [5.41, 5.74) is 5.16. The lowest BCUT2D eigenvalue weighted by molar-refractivity contribution is -0.120. The molecule has 1 aliphatic heterocycles. The van der Waals surface area contributed by atoms with Crippen molar-refractivity contribution < 1.29 is 18.3 Å². The summed E-state index contributed by atoms with van der Waals surface area (Å²) in [4.78, 5) is 11.4. The van der Waals surface area contributed by atoms with E-state index in [4.69, 9.17) is 10.5 Å². The third-order valence-corrected chi connectivity index (χ3v) is 3.15. The Balaban J connectivity index is 2.10. The maximum Gasteiger partial charge on any atom is 0.239 e. The first-order chi connectivity index (χ1) is 9.09. The van der Waals surface area contributed by atoms with Crippen molar-refractivity contribution in [3.63, 3.8) is 0 Å². The zero-order valence-electron chi connectivity index (χ0n) is 10.4. The summed E-state index contributed by atoms with van der Waals surface area (Å²) in [6.07, 6.45) is 1.82. The minimum absolute atomic E-state index is 0.0153. The van der Waals surface area contributed by atoms with Crippen LogP contribution >= 0.6 is 0 Å². The van der Waals surface area contributed by atoms with Crippen molar-refractivity contribution in [3.05, 3.63) is 35.4 Å². The molecular weight excluding hydrogens is 254 g/mol. The van der Waals surface area contributed by atoms with E-state index in [9.17, 15) is 13.6 Å². The molecule has 1 heterocycles. The van der Waals surface area contributed by atoms with Crippen LogP contribution in [0.3, 0.4) is 0 Å². The van der Waals surface area contributed by atoms with Crippen LogP contribution in [0.1, 0.15) is 24.4 Å². The molecule has 0 aliphatic carbocycles. The topological polar surface area (TPSA) is 64.4 Å². The van der Waals surface area contributed by atoms with E-state index in [1.54, 1.807) is 0 Å². The van der Waals surface area contributed by atoms with Gasteiger partial charge in [-0.1, -0.05) is 12.1 Å². The van der Waals surface area contributed by atoms with Gasteiger partial charge >= 0.3 is 0 Å². The Hall–Kier alpha value is -1.53. The van der Waals surface area contributed by atoms with Gasteiger partial charge in [-0.15, -0.1) is 0 Å². The van der Waals surface area contributed by atoms with Crippen LogP contribution in [-0.4, -0.2) is 25.2 Å². The predicted molar refractivity (Wildman–Crippen MR) is 65.3 cm³/mol. The number of carbonyl (C=O) groups is 1. The zero-order valence-corrected chi connectivity index (χ0v) is 10.4. The predicted octanol–water partition coefficient (Wildman–Crippen LogP) is 1.26. The first-order valence-electron chi connectivity index (χ1n) is 6.18. The van der Waals surface area contributed by atoms with Crippen LogP contribution in [0, 0.1) is 11.6 Å². The molecule has 1 aromatic rings. The molecule has 1 amide bonds. The van der Waals surface area contributed by atoms with E-state index in [0.29, 0.717) is 13.2 Å². The number of carbonyl (C=O) groups excluding carboxylic acids is 1. The molecule has 0 spiro atoms. The summed E-state index contributed by atoms with van der Waals surface area (Å²) in [5, 5.41) is 2.84. The Morgan fingerprint density at radius 1 is 1.53 bits per heavy atom. The normalized spacial score (nSPS) is 20.4. The highest BCUT2D eigenvalue weighted by Crippen LogP contribution is 2.20. The van der Waals surface area contributed by atoms with Crippen molar-refractivity contribution in [1.82, 2.24) is 5.32 Å². The zero-order chi connectivity index (χ0) is 13.8. The van der Waals surface area contributed by atoms with Crippen LogP contribution in [0.4, 0.5) is 8.78 Å². The third-order valence-electron chi connectivity index (χ3n) is 3.15. The Labute approximate surface area is 109 Å². The van der Waals surface area contributed by atoms with Gasteiger partial charge < -0.3 is 10.5 Å². The summed E-state index contributed by atoms with van der Waals surface area (Å²) in [6.45, 7) is 1.06. The molecule has 0 aromatic heterocycles. The van der Waals surface area contributed by atoms with Gasteiger partial charge in [-0.2, -0.15) is 0 Å². The van der Waals surface area contributed by atoms with Crippen molar-refractivity contribution in [2.75, 3.05) is 13.2 Å². The molecule has 1 aromatic carbocycles. The van der Waals surface area contributed by atoms with E-state index in [1.807, 2.05) is 0 Å². The van der Waals surface area contributed by atoms with Crippen molar-refractivity contribution in [1.29, 1.82) is 0 Å². The van der Waals surface area contributed by atoms with E-state index >= 15 is 0 Å². The highest BCUT2D eigenvalue weighted by Gasteiger charge is 2.25. The van der Waals surface area contributed by atoms with Gasteiger partial charge in [-0.3, -0.25) is 10.1 Å². The highest BCUT2D eigenvalue weighted by atomic mass is 19.2. The van der Waals surface area contributed by atoms with Gasteiger partial charge in [-0.05, 0) is 18.9 Å². The minimum atomic E-state index is -1.06. The Morgan fingerprint density at radius 3 is 2.95 bits per heavy atom. The molecule has 1 aliphatic rings. The molecule has 2 unspecified atom stereocenters. The summed E-state index contributed by atoms with van der Waals surface area (Å²) in [5.74, 6) is -2.80. The molecule has 0 bridgehead atoms. The molecule has 0 saturated carbocycles. The number of nitrogens with one attached hydrogen (secondary N) is 1. The molecular formula is C13H16F2N2O2. The Kier molecular flexibility index (Phi) is 4.44. The highest BCUT2D eigenvalue weighted by molar-refractivity contribution is 5.81. The van der Waals surface area contributed by atoms with Crippen LogP contribution < -0.4 is 11.1 Å². The SMILES string of the molecule is NC(=O)C(NCC1CCCO1)c1cccc(F)c1F. The quantitative estimate of drug-likeness (QED) is 0.846. The van der Waals surface area contributed by atoms with Crippen LogP contribution in [-0.2, 0) is 9.53 Å². The number of benzene rings is 1. The van der Waals surface area contributed by atoms with Crippen LogP contribution in [0.25, 0.3) is 0 Å². The number of primary amides is 1. The fraction of sp³-hybridized carbons (Fsp3) is 0.462. The molecule has 4 nitrogen and oxygen atoms in total. The van der Waals surface area contributed by atoms with Gasteiger partial charge in [0.25, 0.3) is 0 Å². The number of ether oxygens (including phenoxy) is 1. The second-order valence-electron chi connectivity index (χ2n) is 4.52. The molecule has 2 atom stereocenters. The fourth-order valence-electron chi connectivity index (χ4n) is 2.16. The summed E-state index contributed by atoms with van der Waals surface area (Å²) >= 11 is 0.